The minimum Gasteiger partial charge on any atom is -0.381 e. The second-order valence-electron chi connectivity index (χ2n) is 7.48. The Morgan fingerprint density at radius 3 is 2.70 bits per heavy atom. The molecule has 0 amide bonds. The molecule has 7 nitrogen and oxygen atoms in total. The number of nitrogens with zero attached hydrogens (tertiary/aromatic N) is 2. The molecule has 9 heteroatoms. The second-order valence-corrected chi connectivity index (χ2v) is 9.38. The van der Waals surface area contributed by atoms with Crippen LogP contribution in [0.2, 0.25) is 0 Å². The molecule has 3 saturated heterocycles. The predicted octanol–water partition coefficient (Wildman–Crippen LogP) is 0.998. The van der Waals surface area contributed by atoms with Crippen molar-refractivity contribution in [3.05, 3.63) is 29.6 Å². The van der Waals surface area contributed by atoms with Crippen molar-refractivity contribution < 1.29 is 22.3 Å². The molecule has 3 heterocycles. The van der Waals surface area contributed by atoms with E-state index in [-0.39, 0.29) is 24.7 Å². The molecular weight excluding hydrogens is 373 g/mol. The molecular formula is C18H22FN3O4S. The Hall–Kier alpha value is -1.57. The first-order valence-corrected chi connectivity index (χ1v) is 10.5. The highest BCUT2D eigenvalue weighted by molar-refractivity contribution is 7.89. The van der Waals surface area contributed by atoms with Gasteiger partial charge in [-0.3, -0.25) is 0 Å². The van der Waals surface area contributed by atoms with Gasteiger partial charge < -0.3 is 14.8 Å². The van der Waals surface area contributed by atoms with Crippen molar-refractivity contribution in [2.75, 3.05) is 32.9 Å². The van der Waals surface area contributed by atoms with Crippen molar-refractivity contribution in [3.8, 4) is 6.07 Å². The molecule has 1 spiro atoms. The Kier molecular flexibility index (Phi) is 4.94. The monoisotopic (exact) mass is 395 g/mol. The maximum atomic E-state index is 14.0. The molecule has 27 heavy (non-hydrogen) atoms. The summed E-state index contributed by atoms with van der Waals surface area (Å²) in [6.45, 7) is 2.48. The summed E-state index contributed by atoms with van der Waals surface area (Å²) in [5.41, 5.74) is -0.387. The number of hydrogen-bond donors (Lipinski definition) is 1. The van der Waals surface area contributed by atoms with Crippen LogP contribution in [-0.4, -0.2) is 63.3 Å². The summed E-state index contributed by atoms with van der Waals surface area (Å²) < 4.78 is 52.0. The minimum atomic E-state index is -3.98. The first-order valence-electron chi connectivity index (χ1n) is 9.09. The number of halogens is 1. The quantitative estimate of drug-likeness (QED) is 0.818. The van der Waals surface area contributed by atoms with Gasteiger partial charge in [0.2, 0.25) is 10.0 Å². The highest BCUT2D eigenvalue weighted by Gasteiger charge is 2.54. The fourth-order valence-corrected chi connectivity index (χ4v) is 5.72. The van der Waals surface area contributed by atoms with Crippen LogP contribution in [0.1, 0.15) is 24.8 Å². The number of rotatable bonds is 4. The van der Waals surface area contributed by atoms with Crippen molar-refractivity contribution >= 4 is 10.0 Å². The summed E-state index contributed by atoms with van der Waals surface area (Å²) in [7, 11) is -3.98. The molecule has 4 rings (SSSR count). The predicted molar refractivity (Wildman–Crippen MR) is 93.9 cm³/mol. The SMILES string of the molecule is N#Cc1ccc(F)c(S(=O)(=O)N2CC3(CC(NC4CCOCC4)CO3)C2)c1. The number of hydrogen-bond acceptors (Lipinski definition) is 6. The third-order valence-electron chi connectivity index (χ3n) is 5.51. The van der Waals surface area contributed by atoms with Crippen molar-refractivity contribution in [1.82, 2.24) is 9.62 Å². The van der Waals surface area contributed by atoms with Gasteiger partial charge in [-0.05, 0) is 37.5 Å². The lowest BCUT2D eigenvalue weighted by Crippen LogP contribution is -2.63. The van der Waals surface area contributed by atoms with Gasteiger partial charge in [0.05, 0.1) is 23.8 Å². The molecule has 1 aromatic rings. The van der Waals surface area contributed by atoms with Crippen molar-refractivity contribution in [3.63, 3.8) is 0 Å². The number of benzene rings is 1. The van der Waals surface area contributed by atoms with Crippen molar-refractivity contribution in [2.24, 2.45) is 0 Å². The molecule has 0 radical (unpaired) electrons. The maximum absolute atomic E-state index is 14.0. The third kappa shape index (κ3) is 3.60. The maximum Gasteiger partial charge on any atom is 0.246 e. The normalized spacial score (nSPS) is 26.0. The molecule has 3 aliphatic heterocycles. The number of nitriles is 1. The van der Waals surface area contributed by atoms with Gasteiger partial charge in [-0.25, -0.2) is 12.8 Å². The van der Waals surface area contributed by atoms with E-state index in [1.165, 1.54) is 10.4 Å². The van der Waals surface area contributed by atoms with Gasteiger partial charge in [0.1, 0.15) is 10.7 Å². The molecule has 146 valence electrons. The summed E-state index contributed by atoms with van der Waals surface area (Å²) in [4.78, 5) is -0.453. The first kappa shape index (κ1) is 18.8. The summed E-state index contributed by atoms with van der Waals surface area (Å²) >= 11 is 0. The van der Waals surface area contributed by atoms with Crippen LogP contribution in [0.25, 0.3) is 0 Å². The fraction of sp³-hybridized carbons (Fsp3) is 0.611. The zero-order chi connectivity index (χ0) is 19.1. The van der Waals surface area contributed by atoms with E-state index in [0.29, 0.717) is 12.6 Å². The Morgan fingerprint density at radius 1 is 1.26 bits per heavy atom. The van der Waals surface area contributed by atoms with Gasteiger partial charge in [0, 0.05) is 38.4 Å². The van der Waals surface area contributed by atoms with Crippen LogP contribution < -0.4 is 5.32 Å². The lowest BCUT2D eigenvalue weighted by Gasteiger charge is -2.46. The van der Waals surface area contributed by atoms with Crippen LogP contribution in [0.5, 0.6) is 0 Å². The van der Waals surface area contributed by atoms with E-state index >= 15 is 0 Å². The number of nitrogens with one attached hydrogen (secondary N) is 1. The highest BCUT2D eigenvalue weighted by atomic mass is 32.2. The lowest BCUT2D eigenvalue weighted by atomic mass is 9.91. The standard InChI is InChI=1S/C18H22FN3O4S/c19-16-2-1-13(9-20)7-17(16)27(23,24)22-11-18(12-22)8-15(10-26-18)21-14-3-5-25-6-4-14/h1-2,7,14-15,21H,3-6,8,10-12H2. The Balaban J connectivity index is 1.39. The van der Waals surface area contributed by atoms with Crippen LogP contribution in [0.15, 0.2) is 23.1 Å². The molecule has 1 atom stereocenters. The highest BCUT2D eigenvalue weighted by Crippen LogP contribution is 2.39. The Morgan fingerprint density at radius 2 is 2.00 bits per heavy atom. The molecule has 3 fully saturated rings. The largest absolute Gasteiger partial charge is 0.381 e. The summed E-state index contributed by atoms with van der Waals surface area (Å²) in [5.74, 6) is -0.846. The number of sulfonamides is 1. The van der Waals surface area contributed by atoms with Crippen molar-refractivity contribution in [2.45, 2.75) is 41.8 Å². The molecule has 1 N–H and O–H groups in total. The van der Waals surface area contributed by atoms with Gasteiger partial charge in [-0.1, -0.05) is 0 Å². The smallest absolute Gasteiger partial charge is 0.246 e. The molecule has 0 aromatic heterocycles. The van der Waals surface area contributed by atoms with Crippen LogP contribution in [0, 0.1) is 17.1 Å². The van der Waals surface area contributed by atoms with Gasteiger partial charge in [-0.15, -0.1) is 0 Å². The summed E-state index contributed by atoms with van der Waals surface area (Å²) in [6, 6.07) is 5.80. The molecule has 0 bridgehead atoms. The van der Waals surface area contributed by atoms with E-state index in [2.05, 4.69) is 5.32 Å². The molecule has 0 saturated carbocycles. The fourth-order valence-electron chi connectivity index (χ4n) is 4.05. The van der Waals surface area contributed by atoms with E-state index in [1.54, 1.807) is 0 Å². The zero-order valence-corrected chi connectivity index (χ0v) is 15.7. The van der Waals surface area contributed by atoms with E-state index in [4.69, 9.17) is 14.7 Å². The summed E-state index contributed by atoms with van der Waals surface area (Å²) in [6.07, 6.45) is 2.67. The van der Waals surface area contributed by atoms with Gasteiger partial charge in [0.25, 0.3) is 0 Å². The van der Waals surface area contributed by atoms with Crippen molar-refractivity contribution in [1.29, 1.82) is 5.26 Å². The van der Waals surface area contributed by atoms with Gasteiger partial charge in [0.15, 0.2) is 0 Å². The average Bonchev–Trinajstić information content (AvgIpc) is 3.06. The first-order chi connectivity index (χ1) is 12.9. The second kappa shape index (κ2) is 7.11. The Labute approximate surface area is 158 Å². The lowest BCUT2D eigenvalue weighted by molar-refractivity contribution is -0.0773. The topological polar surface area (TPSA) is 91.7 Å². The molecule has 1 aromatic carbocycles. The Bertz CT molecular complexity index is 858. The third-order valence-corrected chi connectivity index (χ3v) is 7.32. The molecule has 3 aliphatic rings. The van der Waals surface area contributed by atoms with Crippen LogP contribution in [0.4, 0.5) is 4.39 Å². The van der Waals surface area contributed by atoms with E-state index in [0.717, 1.165) is 44.6 Å². The van der Waals surface area contributed by atoms with Gasteiger partial charge >= 0.3 is 0 Å². The van der Waals surface area contributed by atoms with Crippen LogP contribution in [0.3, 0.4) is 0 Å². The van der Waals surface area contributed by atoms with E-state index in [9.17, 15) is 12.8 Å². The zero-order valence-electron chi connectivity index (χ0n) is 14.9. The number of ether oxygens (including phenoxy) is 2. The average molecular weight is 395 g/mol. The van der Waals surface area contributed by atoms with Gasteiger partial charge in [-0.2, -0.15) is 9.57 Å². The molecule has 0 aliphatic carbocycles. The van der Waals surface area contributed by atoms with E-state index in [1.807, 2.05) is 6.07 Å². The van der Waals surface area contributed by atoms with Crippen LogP contribution in [-0.2, 0) is 19.5 Å². The minimum absolute atomic E-state index is 0.114. The van der Waals surface area contributed by atoms with Crippen LogP contribution >= 0.6 is 0 Å². The van der Waals surface area contributed by atoms with E-state index < -0.39 is 26.3 Å². The summed E-state index contributed by atoms with van der Waals surface area (Å²) in [5, 5.41) is 12.5. The molecule has 1 unspecified atom stereocenters.